The molecule has 6 nitrogen and oxygen atoms in total. The molecule has 0 saturated carbocycles. The molecule has 0 aromatic heterocycles. The number of hydrogen-bond donors (Lipinski definition) is 1. The second-order valence-corrected chi connectivity index (χ2v) is 6.62. The van der Waals surface area contributed by atoms with Crippen molar-refractivity contribution in [1.29, 1.82) is 0 Å². The van der Waals surface area contributed by atoms with Gasteiger partial charge in [-0.15, -0.1) is 0 Å². The van der Waals surface area contributed by atoms with Gasteiger partial charge in [0.2, 0.25) is 0 Å². The summed E-state index contributed by atoms with van der Waals surface area (Å²) >= 11 is 0. The molecule has 1 spiro atoms. The van der Waals surface area contributed by atoms with E-state index in [2.05, 4.69) is 13.8 Å². The molecule has 0 bridgehead atoms. The molecule has 2 fully saturated rings. The summed E-state index contributed by atoms with van der Waals surface area (Å²) < 4.78 is 5.67. The minimum atomic E-state index is -0.966. The third-order valence-corrected chi connectivity index (χ3v) is 5.02. The highest BCUT2D eigenvalue weighted by Crippen LogP contribution is 2.34. The Bertz CT molecular complexity index is 412. The summed E-state index contributed by atoms with van der Waals surface area (Å²) in [6.45, 7) is 8.23. The van der Waals surface area contributed by atoms with Gasteiger partial charge in [-0.1, -0.05) is 26.7 Å². The minimum absolute atomic E-state index is 0.220. The predicted octanol–water partition coefficient (Wildman–Crippen LogP) is 1.62. The van der Waals surface area contributed by atoms with Gasteiger partial charge in [0, 0.05) is 32.5 Å². The predicted molar refractivity (Wildman–Crippen MR) is 82.4 cm³/mol. The van der Waals surface area contributed by atoms with Crippen molar-refractivity contribution in [2.24, 2.45) is 5.92 Å². The number of aliphatic hydroxyl groups excluding tert-OH is 1. The number of aliphatic hydroxyl groups is 1. The second kappa shape index (κ2) is 6.86. The van der Waals surface area contributed by atoms with Gasteiger partial charge in [-0.2, -0.15) is 0 Å². The second-order valence-electron chi connectivity index (χ2n) is 6.62. The van der Waals surface area contributed by atoms with Gasteiger partial charge < -0.3 is 19.6 Å². The summed E-state index contributed by atoms with van der Waals surface area (Å²) in [7, 11) is 0. The Labute approximate surface area is 132 Å². The van der Waals surface area contributed by atoms with Gasteiger partial charge in [-0.25, -0.2) is 4.79 Å². The maximum atomic E-state index is 12.1. The first-order chi connectivity index (χ1) is 10.4. The highest BCUT2D eigenvalue weighted by atomic mass is 16.6. The lowest BCUT2D eigenvalue weighted by Crippen LogP contribution is -2.50. The zero-order valence-electron chi connectivity index (χ0n) is 13.9. The molecule has 2 saturated heterocycles. The maximum Gasteiger partial charge on any atom is 0.410 e. The van der Waals surface area contributed by atoms with Gasteiger partial charge >= 0.3 is 6.09 Å². The molecule has 1 atom stereocenters. The Morgan fingerprint density at radius 3 is 2.41 bits per heavy atom. The topological polar surface area (TPSA) is 70.1 Å². The molecule has 0 unspecified atom stereocenters. The number of likely N-dealkylation sites (tertiary alicyclic amines) is 1. The largest absolute Gasteiger partial charge is 0.441 e. The molecular formula is C16H28N2O4. The van der Waals surface area contributed by atoms with Crippen LogP contribution in [0.1, 0.15) is 46.5 Å². The third-order valence-electron chi connectivity index (χ3n) is 5.02. The Hall–Kier alpha value is -1.30. The molecule has 2 aliphatic heterocycles. The van der Waals surface area contributed by atoms with Crippen LogP contribution in [-0.4, -0.2) is 64.8 Å². The van der Waals surface area contributed by atoms with Gasteiger partial charge in [-0.05, 0) is 12.8 Å². The molecule has 0 radical (unpaired) electrons. The zero-order chi connectivity index (χ0) is 16.3. The van der Waals surface area contributed by atoms with Crippen LogP contribution in [0.15, 0.2) is 0 Å². The van der Waals surface area contributed by atoms with Crippen LogP contribution in [0.4, 0.5) is 4.79 Å². The third kappa shape index (κ3) is 3.54. The summed E-state index contributed by atoms with van der Waals surface area (Å²) in [4.78, 5) is 27.4. The van der Waals surface area contributed by atoms with Crippen molar-refractivity contribution in [2.75, 3.05) is 26.2 Å². The molecular weight excluding hydrogens is 284 g/mol. The van der Waals surface area contributed by atoms with Crippen LogP contribution in [0.25, 0.3) is 0 Å². The minimum Gasteiger partial charge on any atom is -0.441 e. The van der Waals surface area contributed by atoms with Crippen molar-refractivity contribution in [3.8, 4) is 0 Å². The van der Waals surface area contributed by atoms with E-state index in [0.29, 0.717) is 38.4 Å². The van der Waals surface area contributed by atoms with E-state index in [0.717, 1.165) is 19.4 Å². The molecule has 126 valence electrons. The van der Waals surface area contributed by atoms with E-state index in [1.54, 1.807) is 4.90 Å². The number of rotatable bonds is 5. The van der Waals surface area contributed by atoms with Crippen LogP contribution in [0.2, 0.25) is 0 Å². The summed E-state index contributed by atoms with van der Waals surface area (Å²) in [5, 5.41) is 9.38. The first kappa shape index (κ1) is 17.1. The van der Waals surface area contributed by atoms with E-state index in [4.69, 9.17) is 4.74 Å². The zero-order valence-corrected chi connectivity index (χ0v) is 13.9. The van der Waals surface area contributed by atoms with Crippen molar-refractivity contribution in [2.45, 2.75) is 58.2 Å². The molecule has 2 heterocycles. The van der Waals surface area contributed by atoms with Crippen LogP contribution in [0.3, 0.4) is 0 Å². The molecule has 0 aromatic rings. The number of hydrogen-bond acceptors (Lipinski definition) is 4. The molecule has 22 heavy (non-hydrogen) atoms. The molecule has 2 aliphatic rings. The lowest BCUT2D eigenvalue weighted by Gasteiger charge is -2.37. The van der Waals surface area contributed by atoms with Crippen molar-refractivity contribution in [3.05, 3.63) is 0 Å². The SMILES string of the molecule is CCC(CC)CN1CC2(CCN(C(=O)[C@H](C)O)CC2)OC1=O. The van der Waals surface area contributed by atoms with Crippen molar-refractivity contribution >= 4 is 12.0 Å². The van der Waals surface area contributed by atoms with Crippen molar-refractivity contribution in [1.82, 2.24) is 9.80 Å². The highest BCUT2D eigenvalue weighted by Gasteiger charge is 2.47. The van der Waals surface area contributed by atoms with Crippen LogP contribution in [0, 0.1) is 5.92 Å². The van der Waals surface area contributed by atoms with E-state index in [1.807, 2.05) is 4.90 Å². The number of nitrogens with zero attached hydrogens (tertiary/aromatic N) is 2. The van der Waals surface area contributed by atoms with E-state index >= 15 is 0 Å². The van der Waals surface area contributed by atoms with Crippen LogP contribution in [-0.2, 0) is 9.53 Å². The molecule has 0 aliphatic carbocycles. The van der Waals surface area contributed by atoms with Gasteiger partial charge in [-0.3, -0.25) is 4.79 Å². The van der Waals surface area contributed by atoms with Crippen LogP contribution in [0.5, 0.6) is 0 Å². The average Bonchev–Trinajstić information content (AvgIpc) is 2.80. The van der Waals surface area contributed by atoms with Crippen LogP contribution >= 0.6 is 0 Å². The Kier molecular flexibility index (Phi) is 5.32. The van der Waals surface area contributed by atoms with E-state index in [9.17, 15) is 14.7 Å². The first-order valence-corrected chi connectivity index (χ1v) is 8.35. The molecule has 2 amide bonds. The summed E-state index contributed by atoms with van der Waals surface area (Å²) in [5.41, 5.74) is -0.446. The van der Waals surface area contributed by atoms with E-state index < -0.39 is 11.7 Å². The lowest BCUT2D eigenvalue weighted by atomic mass is 9.90. The first-order valence-electron chi connectivity index (χ1n) is 8.35. The fraction of sp³-hybridized carbons (Fsp3) is 0.875. The fourth-order valence-electron chi connectivity index (χ4n) is 3.35. The average molecular weight is 312 g/mol. The molecule has 1 N–H and O–H groups in total. The lowest BCUT2D eigenvalue weighted by molar-refractivity contribution is -0.142. The summed E-state index contributed by atoms with van der Waals surface area (Å²) in [6.07, 6.45) is 2.23. The van der Waals surface area contributed by atoms with Crippen LogP contribution < -0.4 is 0 Å². The van der Waals surface area contributed by atoms with Gasteiger partial charge in [0.25, 0.3) is 5.91 Å². The summed E-state index contributed by atoms with van der Waals surface area (Å²) in [5.74, 6) is 0.271. The Morgan fingerprint density at radius 2 is 1.91 bits per heavy atom. The molecule has 0 aromatic carbocycles. The fourth-order valence-corrected chi connectivity index (χ4v) is 3.35. The van der Waals surface area contributed by atoms with Gasteiger partial charge in [0.15, 0.2) is 0 Å². The molecule has 6 heteroatoms. The Balaban J connectivity index is 1.92. The number of carbonyl (C=O) groups excluding carboxylic acids is 2. The van der Waals surface area contributed by atoms with Crippen molar-refractivity contribution in [3.63, 3.8) is 0 Å². The maximum absolute atomic E-state index is 12.1. The summed E-state index contributed by atoms with van der Waals surface area (Å²) in [6, 6.07) is 0. The smallest absolute Gasteiger partial charge is 0.410 e. The van der Waals surface area contributed by atoms with E-state index in [1.165, 1.54) is 6.92 Å². The number of carbonyl (C=O) groups is 2. The van der Waals surface area contributed by atoms with Gasteiger partial charge in [0.05, 0.1) is 6.54 Å². The quantitative estimate of drug-likeness (QED) is 0.837. The normalized spacial score (nSPS) is 22.3. The van der Waals surface area contributed by atoms with E-state index in [-0.39, 0.29) is 12.0 Å². The van der Waals surface area contributed by atoms with Crippen molar-refractivity contribution < 1.29 is 19.4 Å². The Morgan fingerprint density at radius 1 is 1.32 bits per heavy atom. The monoisotopic (exact) mass is 312 g/mol. The highest BCUT2D eigenvalue weighted by molar-refractivity contribution is 5.80. The van der Waals surface area contributed by atoms with Gasteiger partial charge in [0.1, 0.15) is 11.7 Å². The number of amides is 2. The number of ether oxygens (including phenoxy) is 1. The number of piperidine rings is 1. The standard InChI is InChI=1S/C16H28N2O4/c1-4-13(5-2)10-18-11-16(22-15(18)21)6-8-17(9-7-16)14(20)12(3)19/h12-13,19H,4-11H2,1-3H3/t12-/m0/s1. The molecule has 2 rings (SSSR count).